The number of carboxylic acids is 2. The molecule has 11 heteroatoms. The van der Waals surface area contributed by atoms with Crippen molar-refractivity contribution in [2.45, 2.75) is 127 Å². The van der Waals surface area contributed by atoms with Crippen LogP contribution in [-0.4, -0.2) is 58.5 Å². The van der Waals surface area contributed by atoms with Crippen LogP contribution in [0.5, 0.6) is 0 Å². The van der Waals surface area contributed by atoms with Crippen molar-refractivity contribution in [3.8, 4) is 0 Å². The molecule has 1 atom stereocenters. The summed E-state index contributed by atoms with van der Waals surface area (Å²) in [5.74, 6) is -1.60. The average Bonchev–Trinajstić information content (AvgIpc) is 3.48. The van der Waals surface area contributed by atoms with Gasteiger partial charge in [0.2, 0.25) is 5.69 Å². The predicted molar refractivity (Wildman–Crippen MR) is 223 cm³/mol. The standard InChI is InChI=1S/C45H55ClN2O7S/c1-6-27-47-38-23-21-34(56(53,54)55)30-36(38)45(5,26-11-7-9-16-41(49)50)40(47)25-20-33-15-13-14-32(43(33)46)19-24-39-44(3,4)35-29-31(2)18-22-37(35)48(39)28-12-8-10-17-42(51)52/h1,18-25,29-30H,6-17,26-28H2,2-5H3,(H2-,49,50,51,52,53,54,55)/p+1. The number of nitrogens with zero attached hydrogens (tertiary/aromatic N) is 2. The van der Waals surface area contributed by atoms with Gasteiger partial charge in [0, 0.05) is 65.3 Å². The molecule has 2 aliphatic heterocycles. The van der Waals surface area contributed by atoms with Crippen LogP contribution in [-0.2, 0) is 30.5 Å². The van der Waals surface area contributed by atoms with Gasteiger partial charge in [-0.05, 0) is 133 Å². The Balaban J connectivity index is 1.50. The van der Waals surface area contributed by atoms with E-state index < -0.39 is 27.5 Å². The SMILES string of the molecule is [CH]CCN1/C(=C\C=C2/CCCC(/C=C/C3=[N+](CCCCCC(=O)O)c4ccc(C)cc4C3(C)C)=C2Cl)C(C)(CCCCCC(=O)O)c2cc(S(=O)(=O)O)ccc21. The maximum absolute atomic E-state index is 12.2. The Bertz CT molecular complexity index is 2110. The lowest BCUT2D eigenvalue weighted by atomic mass is 9.77. The van der Waals surface area contributed by atoms with E-state index in [1.807, 2.05) is 0 Å². The molecule has 56 heavy (non-hydrogen) atoms. The van der Waals surface area contributed by atoms with E-state index in [1.165, 1.54) is 28.6 Å². The molecule has 300 valence electrons. The van der Waals surface area contributed by atoms with Crippen LogP contribution in [0, 0.1) is 13.8 Å². The van der Waals surface area contributed by atoms with Crippen molar-refractivity contribution in [3.63, 3.8) is 0 Å². The number of benzene rings is 2. The fraction of sp³-hybridized carbons (Fsp3) is 0.467. The summed E-state index contributed by atoms with van der Waals surface area (Å²) >= 11 is 7.24. The Morgan fingerprint density at radius 2 is 1.61 bits per heavy atom. The van der Waals surface area contributed by atoms with Gasteiger partial charge >= 0.3 is 11.9 Å². The molecule has 2 aromatic rings. The van der Waals surface area contributed by atoms with E-state index in [4.69, 9.17) is 28.7 Å². The Morgan fingerprint density at radius 1 is 0.911 bits per heavy atom. The highest BCUT2D eigenvalue weighted by Crippen LogP contribution is 2.52. The molecule has 0 aromatic heterocycles. The summed E-state index contributed by atoms with van der Waals surface area (Å²) in [5.41, 5.74) is 8.53. The summed E-state index contributed by atoms with van der Waals surface area (Å²) < 4.78 is 36.8. The number of anilines is 1. The third kappa shape index (κ3) is 9.57. The maximum Gasteiger partial charge on any atom is 0.303 e. The minimum Gasteiger partial charge on any atom is -0.481 e. The maximum atomic E-state index is 12.2. The second kappa shape index (κ2) is 18.1. The first-order chi connectivity index (χ1) is 26.5. The Morgan fingerprint density at radius 3 is 2.27 bits per heavy atom. The van der Waals surface area contributed by atoms with Gasteiger partial charge in [-0.15, -0.1) is 0 Å². The van der Waals surface area contributed by atoms with E-state index >= 15 is 0 Å². The fourth-order valence-corrected chi connectivity index (χ4v) is 9.40. The van der Waals surface area contributed by atoms with E-state index in [-0.39, 0.29) is 23.2 Å². The summed E-state index contributed by atoms with van der Waals surface area (Å²) in [6.07, 6.45) is 16.6. The van der Waals surface area contributed by atoms with Gasteiger partial charge in [-0.3, -0.25) is 14.1 Å². The predicted octanol–water partition coefficient (Wildman–Crippen LogP) is 10.2. The zero-order valence-corrected chi connectivity index (χ0v) is 34.7. The summed E-state index contributed by atoms with van der Waals surface area (Å²) in [5, 5.41) is 19.0. The molecule has 0 bridgehead atoms. The van der Waals surface area contributed by atoms with Crippen LogP contribution < -0.4 is 4.90 Å². The number of carbonyl (C=O) groups is 2. The number of unbranched alkanes of at least 4 members (excludes halogenated alkanes) is 4. The largest absolute Gasteiger partial charge is 0.481 e. The Kier molecular flexibility index (Phi) is 13.9. The van der Waals surface area contributed by atoms with Crippen LogP contribution in [0.15, 0.2) is 87.5 Å². The zero-order valence-electron chi connectivity index (χ0n) is 33.1. The molecule has 0 saturated heterocycles. The first kappa shape index (κ1) is 43.1. The Hall–Kier alpha value is -3.99. The van der Waals surface area contributed by atoms with Crippen LogP contribution in [0.25, 0.3) is 0 Å². The third-order valence-electron chi connectivity index (χ3n) is 11.6. The van der Waals surface area contributed by atoms with Gasteiger partial charge in [0.25, 0.3) is 10.1 Å². The lowest BCUT2D eigenvalue weighted by Crippen LogP contribution is -2.29. The highest BCUT2D eigenvalue weighted by atomic mass is 35.5. The van der Waals surface area contributed by atoms with Crippen LogP contribution >= 0.6 is 11.6 Å². The number of halogens is 1. The zero-order chi connectivity index (χ0) is 40.8. The molecular weight excluding hydrogens is 748 g/mol. The molecule has 2 aromatic carbocycles. The minimum atomic E-state index is -4.45. The molecule has 2 radical (unpaired) electrons. The van der Waals surface area contributed by atoms with Crippen LogP contribution in [0.2, 0.25) is 0 Å². The molecule has 2 heterocycles. The lowest BCUT2D eigenvalue weighted by Gasteiger charge is -2.30. The summed E-state index contributed by atoms with van der Waals surface area (Å²) in [7, 11) is -4.45. The summed E-state index contributed by atoms with van der Waals surface area (Å²) in [6.45, 7) is 16.1. The normalized spacial score (nSPS) is 20.8. The van der Waals surface area contributed by atoms with Crippen molar-refractivity contribution < 1.29 is 37.3 Å². The summed E-state index contributed by atoms with van der Waals surface area (Å²) in [4.78, 5) is 24.2. The topological polar surface area (TPSA) is 135 Å². The molecule has 0 amide bonds. The van der Waals surface area contributed by atoms with Crippen LogP contribution in [0.4, 0.5) is 11.4 Å². The molecule has 5 rings (SSSR count). The molecular formula is C45H56ClN2O7S+. The van der Waals surface area contributed by atoms with Gasteiger partial charge in [0.05, 0.1) is 10.3 Å². The van der Waals surface area contributed by atoms with E-state index in [0.29, 0.717) is 43.7 Å². The number of aryl methyl sites for hydroxylation is 1. The number of rotatable bonds is 18. The number of hydrogen-bond acceptors (Lipinski definition) is 5. The molecule has 3 N–H and O–H groups in total. The second-order valence-corrected chi connectivity index (χ2v) is 17.8. The highest BCUT2D eigenvalue weighted by molar-refractivity contribution is 7.85. The smallest absolute Gasteiger partial charge is 0.303 e. The molecule has 0 spiro atoms. The molecule has 1 unspecified atom stereocenters. The van der Waals surface area contributed by atoms with E-state index in [9.17, 15) is 22.6 Å². The Labute approximate surface area is 337 Å². The number of aliphatic carboxylic acids is 2. The van der Waals surface area contributed by atoms with Crippen molar-refractivity contribution >= 4 is 50.7 Å². The quantitative estimate of drug-likeness (QED) is 0.0770. The van der Waals surface area contributed by atoms with Crippen molar-refractivity contribution in [1.82, 2.24) is 0 Å². The first-order valence-corrected chi connectivity index (χ1v) is 21.6. The molecule has 1 aliphatic carbocycles. The van der Waals surface area contributed by atoms with E-state index in [1.54, 1.807) is 12.1 Å². The van der Waals surface area contributed by atoms with Gasteiger partial charge in [-0.1, -0.05) is 48.2 Å². The van der Waals surface area contributed by atoms with E-state index in [2.05, 4.69) is 79.7 Å². The van der Waals surface area contributed by atoms with Crippen molar-refractivity contribution in [3.05, 3.63) is 106 Å². The average molecular weight is 804 g/mol. The first-order valence-electron chi connectivity index (χ1n) is 19.8. The van der Waals surface area contributed by atoms with Crippen molar-refractivity contribution in [2.24, 2.45) is 0 Å². The highest BCUT2D eigenvalue weighted by Gasteiger charge is 2.45. The molecule has 9 nitrogen and oxygen atoms in total. The van der Waals surface area contributed by atoms with Gasteiger partial charge in [0.1, 0.15) is 6.54 Å². The molecule has 0 fully saturated rings. The summed E-state index contributed by atoms with van der Waals surface area (Å²) in [6, 6.07) is 11.3. The number of hydrogen-bond donors (Lipinski definition) is 3. The van der Waals surface area contributed by atoms with Crippen molar-refractivity contribution in [1.29, 1.82) is 0 Å². The van der Waals surface area contributed by atoms with E-state index in [0.717, 1.165) is 73.2 Å². The van der Waals surface area contributed by atoms with Gasteiger partial charge in [-0.25, -0.2) is 0 Å². The fourth-order valence-electron chi connectivity index (χ4n) is 8.58. The molecule has 3 aliphatic rings. The number of fused-ring (bicyclic) bond motifs is 2. The van der Waals surface area contributed by atoms with Crippen LogP contribution in [0.3, 0.4) is 0 Å². The second-order valence-electron chi connectivity index (χ2n) is 16.0. The minimum absolute atomic E-state index is 0.0892. The monoisotopic (exact) mass is 803 g/mol. The van der Waals surface area contributed by atoms with Crippen LogP contribution in [0.1, 0.15) is 121 Å². The lowest BCUT2D eigenvalue weighted by molar-refractivity contribution is -0.438. The number of carboxylic acid groups (broad SMARTS) is 2. The van der Waals surface area contributed by atoms with Gasteiger partial charge in [-0.2, -0.15) is 13.0 Å². The third-order valence-corrected chi connectivity index (χ3v) is 12.9. The van der Waals surface area contributed by atoms with Gasteiger partial charge < -0.3 is 15.1 Å². The molecule has 0 saturated carbocycles. The van der Waals surface area contributed by atoms with Gasteiger partial charge in [0.15, 0.2) is 5.71 Å². The van der Waals surface area contributed by atoms with Crippen molar-refractivity contribution in [2.75, 3.05) is 18.0 Å². The number of allylic oxidation sites excluding steroid dienone is 8.